The number of carbonyl (C=O) groups is 1. The van der Waals surface area contributed by atoms with Crippen molar-refractivity contribution in [1.29, 1.82) is 0 Å². The number of thiazole rings is 1. The van der Waals surface area contributed by atoms with Crippen LogP contribution < -0.4 is 10.1 Å². The maximum Gasteiger partial charge on any atom is 0.413 e. The molecule has 24 heavy (non-hydrogen) atoms. The van der Waals surface area contributed by atoms with E-state index < -0.39 is 23.3 Å². The van der Waals surface area contributed by atoms with Gasteiger partial charge in [-0.1, -0.05) is 0 Å². The van der Waals surface area contributed by atoms with Gasteiger partial charge in [0.15, 0.2) is 5.76 Å². The summed E-state index contributed by atoms with van der Waals surface area (Å²) in [6.45, 7) is 6.08. The molecule has 0 saturated heterocycles. The van der Waals surface area contributed by atoms with Gasteiger partial charge in [-0.3, -0.25) is 0 Å². The normalized spacial score (nSPS) is 13.2. The Labute approximate surface area is 142 Å². The lowest BCUT2D eigenvalue weighted by Crippen LogP contribution is -2.42. The van der Waals surface area contributed by atoms with Crippen molar-refractivity contribution in [2.75, 3.05) is 0 Å². The highest BCUT2D eigenvalue weighted by molar-refractivity contribution is 7.19. The van der Waals surface area contributed by atoms with E-state index in [2.05, 4.69) is 10.3 Å². The lowest BCUT2D eigenvalue weighted by atomic mass is 10.1. The molecule has 0 unspecified atom stereocenters. The van der Waals surface area contributed by atoms with E-state index in [4.69, 9.17) is 4.74 Å². The quantitative estimate of drug-likeness (QED) is 0.780. The molecule has 0 fully saturated rings. The van der Waals surface area contributed by atoms with Crippen LogP contribution in [0.5, 0.6) is 5.75 Å². The average molecular weight is 356 g/mol. The molecule has 0 aliphatic carbocycles. The number of alkyl halides is 2. The average Bonchev–Trinajstić information content (AvgIpc) is 2.76. The summed E-state index contributed by atoms with van der Waals surface area (Å²) in [5.74, 6) is -4.09. The molecular weight excluding hydrogens is 338 g/mol. The van der Waals surface area contributed by atoms with Gasteiger partial charge in [-0.05, 0) is 32.9 Å². The highest BCUT2D eigenvalue weighted by atomic mass is 32.1. The zero-order valence-corrected chi connectivity index (χ0v) is 14.5. The molecule has 8 heteroatoms. The molecular formula is C16H18F2N2O3S. The summed E-state index contributed by atoms with van der Waals surface area (Å²) in [5, 5.41) is 12.2. The topological polar surface area (TPSA) is 71.5 Å². The Balaban J connectivity index is 2.22. The molecule has 0 bridgehead atoms. The maximum absolute atomic E-state index is 13.0. The summed E-state index contributed by atoms with van der Waals surface area (Å²) >= 11 is 1.14. The monoisotopic (exact) mass is 356 g/mol. The zero-order valence-electron chi connectivity index (χ0n) is 13.7. The van der Waals surface area contributed by atoms with Crippen molar-refractivity contribution >= 4 is 33.7 Å². The maximum atomic E-state index is 13.0. The molecule has 0 spiro atoms. The predicted octanol–water partition coefficient (Wildman–Crippen LogP) is 4.74. The fourth-order valence-corrected chi connectivity index (χ4v) is 2.62. The van der Waals surface area contributed by atoms with Gasteiger partial charge in [0.25, 0.3) is 0 Å². The molecule has 130 valence electrons. The summed E-state index contributed by atoms with van der Waals surface area (Å²) in [7, 11) is 0. The lowest BCUT2D eigenvalue weighted by molar-refractivity contribution is 0.0208. The fraction of sp³-hybridized carbons (Fsp3) is 0.375. The summed E-state index contributed by atoms with van der Waals surface area (Å²) in [4.78, 5) is 15.9. The van der Waals surface area contributed by atoms with Crippen LogP contribution in [0.15, 0.2) is 24.0 Å². The second-order valence-corrected chi connectivity index (χ2v) is 7.43. The summed E-state index contributed by atoms with van der Waals surface area (Å²) in [6.07, 6.45) is 0.331. The number of rotatable bonds is 3. The number of carbonyl (C=O) groups excluding carboxylic acids is 1. The smallest absolute Gasteiger partial charge is 0.413 e. The van der Waals surface area contributed by atoms with Gasteiger partial charge in [-0.25, -0.2) is 9.78 Å². The standard InChI is InChI=1S/C16H18F2N2O3S/c1-15(2,3)20-14(22)23-9-5-6-11-10(7-9)19-13(24-11)8-12(21)16(4,17)18/h5-8,21H,1-4H3,(H,20,22). The van der Waals surface area contributed by atoms with Crippen molar-refractivity contribution in [3.05, 3.63) is 29.0 Å². The van der Waals surface area contributed by atoms with Crippen molar-refractivity contribution in [3.63, 3.8) is 0 Å². The number of ether oxygens (including phenoxy) is 1. The van der Waals surface area contributed by atoms with E-state index in [1.54, 1.807) is 12.1 Å². The van der Waals surface area contributed by atoms with Gasteiger partial charge >= 0.3 is 12.0 Å². The van der Waals surface area contributed by atoms with Crippen molar-refractivity contribution in [1.82, 2.24) is 10.3 Å². The highest BCUT2D eigenvalue weighted by Crippen LogP contribution is 2.29. The second-order valence-electron chi connectivity index (χ2n) is 6.36. The third kappa shape index (κ3) is 4.89. The third-order valence-electron chi connectivity index (χ3n) is 2.77. The molecule has 0 aliphatic heterocycles. The minimum atomic E-state index is -3.32. The number of aromatic nitrogens is 1. The summed E-state index contributed by atoms with van der Waals surface area (Å²) < 4.78 is 31.9. The minimum Gasteiger partial charge on any atom is -0.506 e. The summed E-state index contributed by atoms with van der Waals surface area (Å²) in [6, 6.07) is 4.79. The SMILES string of the molecule is CC(C)(C)NC(=O)Oc1ccc2sc(C=C(O)C(C)(F)F)nc2c1. The Morgan fingerprint density at radius 3 is 2.58 bits per heavy atom. The Morgan fingerprint density at radius 1 is 1.33 bits per heavy atom. The van der Waals surface area contributed by atoms with Gasteiger partial charge in [0.2, 0.25) is 0 Å². The molecule has 2 aromatic rings. The molecule has 2 rings (SSSR count). The van der Waals surface area contributed by atoms with Gasteiger partial charge in [-0.2, -0.15) is 8.78 Å². The van der Waals surface area contributed by atoms with E-state index in [0.29, 0.717) is 12.4 Å². The number of nitrogens with zero attached hydrogens (tertiary/aromatic N) is 1. The van der Waals surface area contributed by atoms with Gasteiger partial charge in [0.05, 0.1) is 10.2 Å². The first-order chi connectivity index (χ1) is 10.9. The molecule has 5 nitrogen and oxygen atoms in total. The number of halogens is 2. The van der Waals surface area contributed by atoms with E-state index in [-0.39, 0.29) is 10.8 Å². The van der Waals surface area contributed by atoms with E-state index in [1.807, 2.05) is 20.8 Å². The van der Waals surface area contributed by atoms with Crippen molar-refractivity contribution in [2.45, 2.75) is 39.2 Å². The van der Waals surface area contributed by atoms with Crippen molar-refractivity contribution in [3.8, 4) is 5.75 Å². The van der Waals surface area contributed by atoms with Gasteiger partial charge in [-0.15, -0.1) is 11.3 Å². The van der Waals surface area contributed by atoms with Gasteiger partial charge in [0.1, 0.15) is 10.8 Å². The van der Waals surface area contributed by atoms with E-state index >= 15 is 0 Å². The second kappa shape index (κ2) is 6.35. The number of fused-ring (bicyclic) bond motifs is 1. The largest absolute Gasteiger partial charge is 0.506 e. The Morgan fingerprint density at radius 2 is 2.00 bits per heavy atom. The number of benzene rings is 1. The molecule has 1 aromatic carbocycles. The Bertz CT molecular complexity index is 789. The van der Waals surface area contributed by atoms with Gasteiger partial charge in [0, 0.05) is 24.6 Å². The number of aliphatic hydroxyl groups excluding tert-OH is 1. The highest BCUT2D eigenvalue weighted by Gasteiger charge is 2.27. The van der Waals surface area contributed by atoms with Crippen LogP contribution in [0.4, 0.5) is 13.6 Å². The van der Waals surface area contributed by atoms with Crippen molar-refractivity contribution in [2.24, 2.45) is 0 Å². The Hall–Kier alpha value is -2.22. The predicted molar refractivity (Wildman–Crippen MR) is 89.8 cm³/mol. The van der Waals surface area contributed by atoms with Crippen LogP contribution >= 0.6 is 11.3 Å². The van der Waals surface area contributed by atoms with E-state index in [9.17, 15) is 18.7 Å². The molecule has 1 amide bonds. The van der Waals surface area contributed by atoms with E-state index in [0.717, 1.165) is 22.1 Å². The van der Waals surface area contributed by atoms with Crippen LogP contribution in [-0.2, 0) is 0 Å². The zero-order chi connectivity index (χ0) is 18.1. The van der Waals surface area contributed by atoms with Crippen molar-refractivity contribution < 1.29 is 23.4 Å². The molecule has 2 N–H and O–H groups in total. The number of aliphatic hydroxyl groups is 1. The molecule has 0 aliphatic rings. The first kappa shape index (κ1) is 18.1. The van der Waals surface area contributed by atoms with Crippen LogP contribution in [0, 0.1) is 0 Å². The van der Waals surface area contributed by atoms with E-state index in [1.165, 1.54) is 6.07 Å². The van der Waals surface area contributed by atoms with Gasteiger partial charge < -0.3 is 15.2 Å². The fourth-order valence-electron chi connectivity index (χ4n) is 1.73. The molecule has 1 heterocycles. The first-order valence-corrected chi connectivity index (χ1v) is 7.95. The minimum absolute atomic E-state index is 0.236. The molecule has 0 saturated carbocycles. The Kier molecular flexibility index (Phi) is 4.80. The third-order valence-corrected chi connectivity index (χ3v) is 3.76. The molecule has 1 aromatic heterocycles. The number of hydrogen-bond acceptors (Lipinski definition) is 5. The van der Waals surface area contributed by atoms with Crippen LogP contribution in [0.1, 0.15) is 32.7 Å². The lowest BCUT2D eigenvalue weighted by Gasteiger charge is -2.19. The van der Waals surface area contributed by atoms with Crippen LogP contribution in [0.3, 0.4) is 0 Å². The molecule has 0 radical (unpaired) electrons. The van der Waals surface area contributed by atoms with Crippen LogP contribution in [0.25, 0.3) is 16.3 Å². The number of hydrogen-bond donors (Lipinski definition) is 2. The molecule has 0 atom stereocenters. The number of amides is 1. The first-order valence-electron chi connectivity index (χ1n) is 7.13. The van der Waals surface area contributed by atoms with Crippen LogP contribution in [0.2, 0.25) is 0 Å². The summed E-state index contributed by atoms with van der Waals surface area (Å²) in [5.41, 5.74) is 0.0578. The van der Waals surface area contributed by atoms with Crippen LogP contribution in [-0.4, -0.2) is 27.6 Å². The number of allylic oxidation sites excluding steroid dienone is 1. The number of nitrogens with one attached hydrogen (secondary N) is 1.